The van der Waals surface area contributed by atoms with Gasteiger partial charge in [0.15, 0.2) is 6.29 Å². The van der Waals surface area contributed by atoms with Crippen LogP contribution in [-0.2, 0) is 37.0 Å². The Morgan fingerprint density at radius 2 is 1.49 bits per heavy atom. The number of ether oxygens (including phenoxy) is 3. The van der Waals surface area contributed by atoms with Gasteiger partial charge in [0.25, 0.3) is 0 Å². The zero-order valence-electron chi connectivity index (χ0n) is 29.0. The van der Waals surface area contributed by atoms with E-state index in [2.05, 4.69) is 45.9 Å². The molecule has 0 saturated carbocycles. The molecule has 2 aliphatic heterocycles. The summed E-state index contributed by atoms with van der Waals surface area (Å²) in [6.45, 7) is 4.46. The lowest BCUT2D eigenvalue weighted by molar-refractivity contribution is -0.253. The van der Waals surface area contributed by atoms with Crippen LogP contribution < -0.4 is 16.4 Å². The molecule has 4 aromatic rings. The summed E-state index contributed by atoms with van der Waals surface area (Å²) in [7, 11) is 0. The van der Waals surface area contributed by atoms with Crippen molar-refractivity contribution in [2.45, 2.75) is 63.8 Å². The van der Waals surface area contributed by atoms with E-state index < -0.39 is 6.29 Å². The summed E-state index contributed by atoms with van der Waals surface area (Å²) in [5, 5.41) is 15.4. The van der Waals surface area contributed by atoms with Gasteiger partial charge in [-0.15, -0.1) is 0 Å². The van der Waals surface area contributed by atoms with Crippen LogP contribution in [0.2, 0.25) is 0 Å². The third-order valence-electron chi connectivity index (χ3n) is 9.46. The number of hydrogen-bond acceptors (Lipinski definition) is 8. The van der Waals surface area contributed by atoms with Crippen molar-refractivity contribution in [1.82, 2.24) is 10.2 Å². The predicted molar refractivity (Wildman–Crippen MR) is 197 cm³/mol. The van der Waals surface area contributed by atoms with E-state index in [-0.39, 0.29) is 30.6 Å². The van der Waals surface area contributed by atoms with Crippen molar-refractivity contribution in [1.29, 1.82) is 0 Å². The highest BCUT2D eigenvalue weighted by atomic mass is 16.7. The average molecular weight is 693 g/mol. The van der Waals surface area contributed by atoms with Crippen LogP contribution in [0.5, 0.6) is 0 Å². The largest absolute Gasteiger partial charge is 0.397 e. The zero-order chi connectivity index (χ0) is 35.4. The number of para-hydroxylation sites is 2. The highest BCUT2D eigenvalue weighted by Crippen LogP contribution is 2.39. The van der Waals surface area contributed by atoms with E-state index in [9.17, 15) is 14.7 Å². The Bertz CT molecular complexity index is 1730. The van der Waals surface area contributed by atoms with Gasteiger partial charge in [-0.1, -0.05) is 84.9 Å². The topological polar surface area (TPSA) is 135 Å². The van der Waals surface area contributed by atoms with Gasteiger partial charge in [-0.3, -0.25) is 14.5 Å². The summed E-state index contributed by atoms with van der Waals surface area (Å²) in [6.07, 6.45) is 1.94. The van der Waals surface area contributed by atoms with Crippen LogP contribution in [0.3, 0.4) is 0 Å². The number of rotatable bonds is 14. The molecule has 2 amide bonds. The van der Waals surface area contributed by atoms with Gasteiger partial charge in [-0.25, -0.2) is 0 Å². The number of aliphatic hydroxyl groups excluding tert-OH is 1. The Hall–Kier alpha value is -4.58. The molecule has 268 valence electrons. The molecule has 2 heterocycles. The molecular formula is C41H48N4O6. The molecule has 2 saturated heterocycles. The molecule has 10 nitrogen and oxygen atoms in total. The predicted octanol–water partition coefficient (Wildman–Crippen LogP) is 6.12. The van der Waals surface area contributed by atoms with Crippen LogP contribution in [0.15, 0.2) is 97.1 Å². The van der Waals surface area contributed by atoms with E-state index >= 15 is 0 Å². The highest BCUT2D eigenvalue weighted by Gasteiger charge is 2.33. The first-order chi connectivity index (χ1) is 24.9. The number of carbonyl (C=O) groups excluding carboxylic acids is 2. The van der Waals surface area contributed by atoms with Crippen molar-refractivity contribution in [3.8, 4) is 11.1 Å². The summed E-state index contributed by atoms with van der Waals surface area (Å²) in [5.41, 5.74) is 13.0. The van der Waals surface area contributed by atoms with Crippen LogP contribution in [0.25, 0.3) is 11.1 Å². The maximum absolute atomic E-state index is 12.7. The maximum Gasteiger partial charge on any atom is 0.224 e. The zero-order valence-corrected chi connectivity index (χ0v) is 29.0. The van der Waals surface area contributed by atoms with Crippen molar-refractivity contribution in [2.75, 3.05) is 43.9 Å². The van der Waals surface area contributed by atoms with Gasteiger partial charge >= 0.3 is 0 Å². The molecule has 3 atom stereocenters. The van der Waals surface area contributed by atoms with E-state index in [1.807, 2.05) is 54.6 Å². The fraction of sp³-hybridized carbons (Fsp3) is 0.366. The average Bonchev–Trinajstić information content (AvgIpc) is 3.17. The molecule has 2 fully saturated rings. The van der Waals surface area contributed by atoms with Crippen LogP contribution in [0, 0.1) is 0 Å². The van der Waals surface area contributed by atoms with Crippen LogP contribution >= 0.6 is 0 Å². The van der Waals surface area contributed by atoms with Crippen molar-refractivity contribution in [3.63, 3.8) is 0 Å². The number of carbonyl (C=O) groups is 2. The van der Waals surface area contributed by atoms with Crippen LogP contribution in [0.4, 0.5) is 11.4 Å². The number of benzene rings is 4. The smallest absolute Gasteiger partial charge is 0.224 e. The second-order valence-electron chi connectivity index (χ2n) is 13.2. The van der Waals surface area contributed by atoms with E-state index in [1.165, 1.54) is 0 Å². The molecule has 0 bridgehead atoms. The van der Waals surface area contributed by atoms with Crippen molar-refractivity contribution < 1.29 is 28.9 Å². The van der Waals surface area contributed by atoms with Gasteiger partial charge in [-0.2, -0.15) is 0 Å². The Labute approximate surface area is 299 Å². The quantitative estimate of drug-likeness (QED) is 0.0918. The number of anilines is 2. The summed E-state index contributed by atoms with van der Waals surface area (Å²) < 4.78 is 18.7. The number of morpholine rings is 1. The normalized spacial score (nSPS) is 19.4. The Balaban J connectivity index is 1.04. The molecule has 0 aromatic heterocycles. The summed E-state index contributed by atoms with van der Waals surface area (Å²) in [6, 6.07) is 31.4. The molecule has 0 spiro atoms. The third kappa shape index (κ3) is 10.2. The third-order valence-corrected chi connectivity index (χ3v) is 9.46. The highest BCUT2D eigenvalue weighted by molar-refractivity contribution is 5.93. The summed E-state index contributed by atoms with van der Waals surface area (Å²) in [4.78, 5) is 27.4. The summed E-state index contributed by atoms with van der Waals surface area (Å²) in [5.74, 6) is -0.164. The lowest BCUT2D eigenvalue weighted by Crippen LogP contribution is -2.44. The first-order valence-electron chi connectivity index (χ1n) is 17.8. The molecule has 2 aliphatic rings. The van der Waals surface area contributed by atoms with Gasteiger partial charge in [0, 0.05) is 51.0 Å². The van der Waals surface area contributed by atoms with E-state index in [1.54, 1.807) is 12.1 Å². The number of nitrogens with two attached hydrogens (primary N) is 1. The second-order valence-corrected chi connectivity index (χ2v) is 13.2. The Kier molecular flexibility index (Phi) is 12.8. The number of aliphatic hydroxyl groups is 1. The fourth-order valence-electron chi connectivity index (χ4n) is 6.56. The monoisotopic (exact) mass is 692 g/mol. The molecule has 10 heteroatoms. The first-order valence-corrected chi connectivity index (χ1v) is 17.8. The molecule has 4 aromatic carbocycles. The molecular weight excluding hydrogens is 644 g/mol. The number of hydrogen-bond donors (Lipinski definition) is 4. The lowest BCUT2D eigenvalue weighted by atomic mass is 9.97. The van der Waals surface area contributed by atoms with Crippen molar-refractivity contribution >= 4 is 23.2 Å². The lowest BCUT2D eigenvalue weighted by Gasteiger charge is -2.39. The second kappa shape index (κ2) is 18.1. The number of nitrogens with one attached hydrogen (secondary N) is 2. The van der Waals surface area contributed by atoms with E-state index in [4.69, 9.17) is 19.9 Å². The number of nitrogen functional groups attached to an aromatic ring is 1. The Morgan fingerprint density at radius 1 is 0.804 bits per heavy atom. The minimum Gasteiger partial charge on any atom is -0.397 e. The number of unbranched alkanes of at least 4 members (excludes halogenated alkanes) is 1. The minimum atomic E-state index is -0.529. The minimum absolute atomic E-state index is 0.00698. The van der Waals surface area contributed by atoms with Gasteiger partial charge in [0.2, 0.25) is 11.8 Å². The first kappa shape index (κ1) is 36.2. The number of amides is 2. The standard InChI is InChI=1S/C41H48N4O6/c42-36-9-3-4-10-37(36)44-40(48)12-6-5-11-39(47)43-26-33-7-1-2-8-35(33)30-17-19-32(20-18-30)41-50-34(27-45-21-23-49-24-22-45)25-38(51-41)31-15-13-29(28-46)14-16-31/h1-4,7-10,13-20,34,38,41,46H,5-6,11-12,21-28,42H2,(H,43,47)(H,44,48)/t34-,38+,41+/m1/s1. The molecule has 6 rings (SSSR count). The van der Waals surface area contributed by atoms with Gasteiger partial charge < -0.3 is 35.7 Å². The molecule has 51 heavy (non-hydrogen) atoms. The molecule has 0 unspecified atom stereocenters. The fourth-order valence-corrected chi connectivity index (χ4v) is 6.56. The molecule has 0 radical (unpaired) electrons. The van der Waals surface area contributed by atoms with Crippen LogP contribution in [0.1, 0.15) is 66.8 Å². The Morgan fingerprint density at radius 3 is 2.24 bits per heavy atom. The maximum atomic E-state index is 12.7. The van der Waals surface area contributed by atoms with Crippen molar-refractivity contribution in [2.24, 2.45) is 0 Å². The van der Waals surface area contributed by atoms with Gasteiger partial charge in [0.1, 0.15) is 0 Å². The number of nitrogens with zero attached hydrogens (tertiary/aromatic N) is 1. The van der Waals surface area contributed by atoms with Crippen LogP contribution in [-0.4, -0.2) is 60.8 Å². The SMILES string of the molecule is Nc1ccccc1NC(=O)CCCCC(=O)NCc1ccccc1-c1ccc([C@H]2O[C@@H](CN3CCOCC3)C[C@@H](c3ccc(CO)cc3)O2)cc1. The molecule has 5 N–H and O–H groups in total. The molecule has 0 aliphatic carbocycles. The van der Waals surface area contributed by atoms with E-state index in [0.717, 1.165) is 72.6 Å². The van der Waals surface area contributed by atoms with Crippen molar-refractivity contribution in [3.05, 3.63) is 119 Å². The van der Waals surface area contributed by atoms with Gasteiger partial charge in [0.05, 0.1) is 43.4 Å². The van der Waals surface area contributed by atoms with E-state index in [0.29, 0.717) is 43.6 Å². The van der Waals surface area contributed by atoms with Gasteiger partial charge in [-0.05, 0) is 52.8 Å². The summed E-state index contributed by atoms with van der Waals surface area (Å²) >= 11 is 0.